The summed E-state index contributed by atoms with van der Waals surface area (Å²) in [4.78, 5) is 28.2. The second kappa shape index (κ2) is 10.2. The Hall–Kier alpha value is -3.52. The molecule has 0 aliphatic carbocycles. The number of nitrogens with zero attached hydrogens (tertiary/aromatic N) is 1. The number of ketones is 1. The molecule has 1 amide bonds. The maximum absolute atomic E-state index is 13.4. The van der Waals surface area contributed by atoms with Gasteiger partial charge >= 0.3 is 0 Å². The van der Waals surface area contributed by atoms with E-state index < -0.39 is 17.7 Å². The Labute approximate surface area is 210 Å². The highest BCUT2D eigenvalue weighted by molar-refractivity contribution is 6.46. The minimum Gasteiger partial charge on any atom is -0.507 e. The highest BCUT2D eigenvalue weighted by Gasteiger charge is 2.47. The largest absolute Gasteiger partial charge is 0.507 e. The number of benzene rings is 2. The van der Waals surface area contributed by atoms with Crippen LogP contribution in [0.2, 0.25) is 0 Å². The Bertz CT molecular complexity index is 1200. The molecule has 3 heterocycles. The molecule has 1 N–H and O–H groups in total. The molecule has 2 atom stereocenters. The number of aliphatic hydroxyl groups excluding tert-OH is 1. The standard InChI is InChI=1S/C28H31NO7/c1-3-34-22-11-8-18(15-23(22)33-2)25-24(27(31)28(32)29(25)16-20-7-5-12-35-20)26(30)19-9-10-21-17(14-19)6-4-13-36-21/h8-11,14-15,20,25,30H,3-7,12-13,16H2,1-2H3/b26-24+. The maximum Gasteiger partial charge on any atom is 0.295 e. The molecule has 0 spiro atoms. The Morgan fingerprint density at radius 1 is 1.11 bits per heavy atom. The highest BCUT2D eigenvalue weighted by Crippen LogP contribution is 2.43. The van der Waals surface area contributed by atoms with Gasteiger partial charge in [-0.25, -0.2) is 0 Å². The molecule has 190 valence electrons. The molecule has 0 saturated carbocycles. The van der Waals surface area contributed by atoms with Crippen molar-refractivity contribution in [2.24, 2.45) is 0 Å². The molecule has 0 radical (unpaired) electrons. The summed E-state index contributed by atoms with van der Waals surface area (Å²) in [5.74, 6) is 0.278. The smallest absolute Gasteiger partial charge is 0.295 e. The molecule has 5 rings (SSSR count). The number of methoxy groups -OCH3 is 1. The summed E-state index contributed by atoms with van der Waals surface area (Å²) in [5, 5.41) is 11.4. The van der Waals surface area contributed by atoms with Crippen molar-refractivity contribution in [3.8, 4) is 17.2 Å². The summed E-state index contributed by atoms with van der Waals surface area (Å²) < 4.78 is 22.7. The maximum atomic E-state index is 13.4. The first kappa shape index (κ1) is 24.2. The topological polar surface area (TPSA) is 94.5 Å². The first-order valence-electron chi connectivity index (χ1n) is 12.5. The number of aliphatic hydroxyl groups is 1. The van der Waals surface area contributed by atoms with Crippen LogP contribution in [-0.4, -0.2) is 61.3 Å². The van der Waals surface area contributed by atoms with Crippen molar-refractivity contribution in [2.45, 2.75) is 44.8 Å². The van der Waals surface area contributed by atoms with Crippen LogP contribution < -0.4 is 14.2 Å². The van der Waals surface area contributed by atoms with Crippen LogP contribution in [0.25, 0.3) is 5.76 Å². The van der Waals surface area contributed by atoms with Gasteiger partial charge in [0.15, 0.2) is 11.5 Å². The number of hydrogen-bond donors (Lipinski definition) is 1. The minimum absolute atomic E-state index is 0.0564. The van der Waals surface area contributed by atoms with E-state index in [0.29, 0.717) is 42.4 Å². The van der Waals surface area contributed by atoms with E-state index in [1.165, 1.54) is 4.90 Å². The number of hydrogen-bond acceptors (Lipinski definition) is 7. The van der Waals surface area contributed by atoms with Crippen LogP contribution in [0.15, 0.2) is 42.0 Å². The Morgan fingerprint density at radius 2 is 1.97 bits per heavy atom. The van der Waals surface area contributed by atoms with Crippen LogP contribution in [0.4, 0.5) is 0 Å². The lowest BCUT2D eigenvalue weighted by Gasteiger charge is -2.28. The Kier molecular flexibility index (Phi) is 6.87. The van der Waals surface area contributed by atoms with Gasteiger partial charge in [0.2, 0.25) is 0 Å². The quantitative estimate of drug-likeness (QED) is 0.354. The van der Waals surface area contributed by atoms with Crippen LogP contribution in [0.1, 0.15) is 48.9 Å². The predicted molar refractivity (Wildman–Crippen MR) is 132 cm³/mol. The molecule has 2 fully saturated rings. The fourth-order valence-corrected chi connectivity index (χ4v) is 5.21. The van der Waals surface area contributed by atoms with Crippen LogP contribution in [0.3, 0.4) is 0 Å². The summed E-state index contributed by atoms with van der Waals surface area (Å²) >= 11 is 0. The van der Waals surface area contributed by atoms with Gasteiger partial charge < -0.3 is 29.0 Å². The lowest BCUT2D eigenvalue weighted by Crippen LogP contribution is -2.36. The zero-order chi connectivity index (χ0) is 25.2. The van der Waals surface area contributed by atoms with Gasteiger partial charge in [0, 0.05) is 18.7 Å². The van der Waals surface area contributed by atoms with E-state index >= 15 is 0 Å². The Balaban J connectivity index is 1.61. The molecule has 3 aliphatic heterocycles. The lowest BCUT2D eigenvalue weighted by atomic mass is 9.93. The third-order valence-electron chi connectivity index (χ3n) is 6.95. The predicted octanol–water partition coefficient (Wildman–Crippen LogP) is 4.02. The average Bonchev–Trinajstić information content (AvgIpc) is 3.51. The summed E-state index contributed by atoms with van der Waals surface area (Å²) in [7, 11) is 1.54. The monoisotopic (exact) mass is 493 g/mol. The first-order chi connectivity index (χ1) is 17.5. The van der Waals surface area contributed by atoms with Crippen molar-refractivity contribution in [2.75, 3.05) is 33.5 Å². The van der Waals surface area contributed by atoms with E-state index in [1.54, 1.807) is 37.4 Å². The molecule has 3 aliphatic rings. The second-order valence-corrected chi connectivity index (χ2v) is 9.20. The fraction of sp³-hybridized carbons (Fsp3) is 0.429. The zero-order valence-electron chi connectivity index (χ0n) is 20.6. The molecule has 2 unspecified atom stereocenters. The van der Waals surface area contributed by atoms with Gasteiger partial charge in [0.1, 0.15) is 11.5 Å². The van der Waals surface area contributed by atoms with Crippen molar-refractivity contribution in [1.29, 1.82) is 0 Å². The van der Waals surface area contributed by atoms with E-state index in [0.717, 1.165) is 37.0 Å². The molecule has 2 aromatic carbocycles. The number of fused-ring (bicyclic) bond motifs is 1. The number of aryl methyl sites for hydroxylation is 1. The number of carbonyl (C=O) groups excluding carboxylic acids is 2. The number of ether oxygens (including phenoxy) is 4. The van der Waals surface area contributed by atoms with Gasteiger partial charge in [0.05, 0.1) is 38.0 Å². The van der Waals surface area contributed by atoms with E-state index in [4.69, 9.17) is 18.9 Å². The number of amides is 1. The summed E-state index contributed by atoms with van der Waals surface area (Å²) in [6.45, 7) is 3.90. The van der Waals surface area contributed by atoms with Gasteiger partial charge in [-0.05, 0) is 74.1 Å². The lowest BCUT2D eigenvalue weighted by molar-refractivity contribution is -0.140. The van der Waals surface area contributed by atoms with Crippen LogP contribution >= 0.6 is 0 Å². The van der Waals surface area contributed by atoms with Crippen molar-refractivity contribution < 1.29 is 33.6 Å². The summed E-state index contributed by atoms with van der Waals surface area (Å²) in [6.07, 6.45) is 3.27. The van der Waals surface area contributed by atoms with Crippen LogP contribution in [0.5, 0.6) is 17.2 Å². The van der Waals surface area contributed by atoms with E-state index in [-0.39, 0.29) is 24.0 Å². The van der Waals surface area contributed by atoms with Gasteiger partial charge in [-0.3, -0.25) is 9.59 Å². The number of rotatable bonds is 7. The number of likely N-dealkylation sites (tertiary alicyclic amines) is 1. The highest BCUT2D eigenvalue weighted by atomic mass is 16.5. The average molecular weight is 494 g/mol. The van der Waals surface area contributed by atoms with Crippen LogP contribution in [0, 0.1) is 0 Å². The molecule has 0 bridgehead atoms. The van der Waals surface area contributed by atoms with E-state index in [2.05, 4.69) is 0 Å². The second-order valence-electron chi connectivity index (χ2n) is 9.20. The summed E-state index contributed by atoms with van der Waals surface area (Å²) in [5.41, 5.74) is 2.16. The molecule has 2 aromatic rings. The molecular weight excluding hydrogens is 462 g/mol. The van der Waals surface area contributed by atoms with Crippen molar-refractivity contribution in [1.82, 2.24) is 4.90 Å². The zero-order valence-corrected chi connectivity index (χ0v) is 20.6. The van der Waals surface area contributed by atoms with Crippen LogP contribution in [-0.2, 0) is 20.7 Å². The van der Waals surface area contributed by atoms with Gasteiger partial charge in [0.25, 0.3) is 11.7 Å². The molecule has 8 nitrogen and oxygen atoms in total. The SMILES string of the molecule is CCOc1ccc(C2/C(=C(\O)c3ccc4c(c3)CCCO4)C(=O)C(=O)N2CC2CCCO2)cc1OC. The Morgan fingerprint density at radius 3 is 2.72 bits per heavy atom. The van der Waals surface area contributed by atoms with Gasteiger partial charge in [-0.2, -0.15) is 0 Å². The third-order valence-corrected chi connectivity index (χ3v) is 6.95. The first-order valence-corrected chi connectivity index (χ1v) is 12.5. The number of carbonyl (C=O) groups is 2. The fourth-order valence-electron chi connectivity index (χ4n) is 5.21. The normalized spacial score (nSPS) is 22.9. The van der Waals surface area contributed by atoms with Crippen molar-refractivity contribution >= 4 is 17.4 Å². The minimum atomic E-state index is -0.786. The van der Waals surface area contributed by atoms with Crippen molar-refractivity contribution in [3.63, 3.8) is 0 Å². The van der Waals surface area contributed by atoms with E-state index in [1.807, 2.05) is 13.0 Å². The molecule has 36 heavy (non-hydrogen) atoms. The molecular formula is C28H31NO7. The summed E-state index contributed by atoms with van der Waals surface area (Å²) in [6, 6.07) is 9.92. The van der Waals surface area contributed by atoms with Crippen molar-refractivity contribution in [3.05, 3.63) is 58.7 Å². The van der Waals surface area contributed by atoms with Gasteiger partial charge in [-0.1, -0.05) is 6.07 Å². The van der Waals surface area contributed by atoms with Gasteiger partial charge in [-0.15, -0.1) is 0 Å². The number of Topliss-reactive ketones (excluding diaryl/α,β-unsaturated/α-hetero) is 1. The molecule has 0 aromatic heterocycles. The molecule has 2 saturated heterocycles. The molecule has 8 heteroatoms. The third kappa shape index (κ3) is 4.41. The van der Waals surface area contributed by atoms with E-state index in [9.17, 15) is 14.7 Å².